The van der Waals surface area contributed by atoms with Crippen LogP contribution in [0.25, 0.3) is 0 Å². The average Bonchev–Trinajstić information content (AvgIpc) is 2.76. The molecule has 0 radical (unpaired) electrons. The first kappa shape index (κ1) is 12.1. The van der Waals surface area contributed by atoms with Gasteiger partial charge in [0.25, 0.3) is 5.91 Å². The van der Waals surface area contributed by atoms with Crippen molar-refractivity contribution in [2.45, 2.75) is 31.7 Å². The second kappa shape index (κ2) is 5.31. The first-order chi connectivity index (χ1) is 8.22. The van der Waals surface area contributed by atoms with E-state index in [4.69, 9.17) is 5.73 Å². The maximum absolute atomic E-state index is 12.0. The fourth-order valence-electron chi connectivity index (χ4n) is 2.52. The fraction of sp³-hybridized carbons (Fsp3) is 0.667. The number of carbonyl (C=O) groups is 1. The number of nitrogens with two attached hydrogens (primary N) is 1. The quantitative estimate of drug-likeness (QED) is 0.810. The lowest BCUT2D eigenvalue weighted by Gasteiger charge is -2.31. The molecule has 94 valence electrons. The van der Waals surface area contributed by atoms with Crippen LogP contribution in [0.1, 0.15) is 36.2 Å². The molecule has 2 rings (SSSR count). The molecular weight excluding hydrogens is 216 g/mol. The number of aromatic nitrogens is 2. The summed E-state index contributed by atoms with van der Waals surface area (Å²) in [5.74, 6) is 0.372. The van der Waals surface area contributed by atoms with Crippen LogP contribution in [0.2, 0.25) is 0 Å². The van der Waals surface area contributed by atoms with Crippen molar-refractivity contribution in [1.29, 1.82) is 0 Å². The van der Waals surface area contributed by atoms with Crippen molar-refractivity contribution in [3.8, 4) is 0 Å². The van der Waals surface area contributed by atoms with Crippen LogP contribution in [0.4, 0.5) is 0 Å². The maximum Gasteiger partial charge on any atom is 0.269 e. The third-order valence-corrected chi connectivity index (χ3v) is 3.58. The minimum absolute atomic E-state index is 0.0460. The van der Waals surface area contributed by atoms with Crippen molar-refractivity contribution in [2.75, 3.05) is 6.54 Å². The molecule has 1 heterocycles. The van der Waals surface area contributed by atoms with Crippen LogP contribution < -0.4 is 11.1 Å². The number of carbonyl (C=O) groups excluding carboxylic acids is 1. The third-order valence-electron chi connectivity index (χ3n) is 3.58. The van der Waals surface area contributed by atoms with E-state index in [9.17, 15) is 4.79 Å². The summed E-state index contributed by atoms with van der Waals surface area (Å²) in [6.45, 7) is 0.649. The molecular formula is C12H20N4O. The Balaban J connectivity index is 2.00. The van der Waals surface area contributed by atoms with Crippen LogP contribution in [-0.4, -0.2) is 28.3 Å². The van der Waals surface area contributed by atoms with E-state index in [1.165, 1.54) is 12.8 Å². The Bertz CT molecular complexity index is 388. The summed E-state index contributed by atoms with van der Waals surface area (Å²) in [4.78, 5) is 12.0. The number of amides is 1. The van der Waals surface area contributed by atoms with E-state index < -0.39 is 0 Å². The van der Waals surface area contributed by atoms with Gasteiger partial charge in [0.05, 0.1) is 0 Å². The number of rotatable bonds is 3. The van der Waals surface area contributed by atoms with Crippen molar-refractivity contribution in [3.63, 3.8) is 0 Å². The highest BCUT2D eigenvalue weighted by Crippen LogP contribution is 2.23. The number of hydrogen-bond donors (Lipinski definition) is 2. The molecule has 0 spiro atoms. The third kappa shape index (κ3) is 2.66. The van der Waals surface area contributed by atoms with Gasteiger partial charge in [0.1, 0.15) is 5.69 Å². The Morgan fingerprint density at radius 1 is 1.59 bits per heavy atom. The molecule has 0 aliphatic heterocycles. The van der Waals surface area contributed by atoms with Gasteiger partial charge in [0.2, 0.25) is 0 Å². The molecule has 1 aromatic rings. The molecule has 1 amide bonds. The normalized spacial score (nSPS) is 24.6. The molecule has 1 fully saturated rings. The number of aryl methyl sites for hydroxylation is 1. The Labute approximate surface area is 101 Å². The molecule has 17 heavy (non-hydrogen) atoms. The Hall–Kier alpha value is -1.36. The van der Waals surface area contributed by atoms with Gasteiger partial charge in [0.15, 0.2) is 0 Å². The molecule has 1 saturated carbocycles. The van der Waals surface area contributed by atoms with Gasteiger partial charge >= 0.3 is 0 Å². The minimum Gasteiger partial charge on any atom is -0.348 e. The Kier molecular flexibility index (Phi) is 3.78. The van der Waals surface area contributed by atoms with E-state index >= 15 is 0 Å². The van der Waals surface area contributed by atoms with Crippen LogP contribution in [0.5, 0.6) is 0 Å². The molecule has 0 saturated heterocycles. The van der Waals surface area contributed by atoms with Crippen LogP contribution >= 0.6 is 0 Å². The highest BCUT2D eigenvalue weighted by molar-refractivity contribution is 5.92. The summed E-state index contributed by atoms with van der Waals surface area (Å²) in [7, 11) is 1.77. The van der Waals surface area contributed by atoms with Crippen LogP contribution in [-0.2, 0) is 7.05 Å². The van der Waals surface area contributed by atoms with E-state index in [0.717, 1.165) is 12.8 Å². The van der Waals surface area contributed by atoms with Gasteiger partial charge in [0, 0.05) is 19.3 Å². The fourth-order valence-corrected chi connectivity index (χ4v) is 2.52. The lowest BCUT2D eigenvalue weighted by atomic mass is 9.84. The molecule has 5 heteroatoms. The minimum atomic E-state index is -0.0460. The topological polar surface area (TPSA) is 72.9 Å². The molecule has 1 aliphatic rings. The zero-order valence-electron chi connectivity index (χ0n) is 10.2. The van der Waals surface area contributed by atoms with Crippen molar-refractivity contribution in [3.05, 3.63) is 18.0 Å². The molecule has 0 aromatic carbocycles. The molecule has 1 aromatic heterocycles. The van der Waals surface area contributed by atoms with E-state index in [0.29, 0.717) is 18.2 Å². The smallest absolute Gasteiger partial charge is 0.269 e. The maximum atomic E-state index is 12.0. The highest BCUT2D eigenvalue weighted by Gasteiger charge is 2.26. The van der Waals surface area contributed by atoms with E-state index in [1.807, 2.05) is 0 Å². The molecule has 3 N–H and O–H groups in total. The summed E-state index contributed by atoms with van der Waals surface area (Å²) in [6.07, 6.45) is 6.18. The second-order valence-electron chi connectivity index (χ2n) is 4.70. The standard InChI is InChI=1S/C12H20N4O/c1-16-11(6-7-14-16)12(17)15-10-5-3-2-4-9(10)8-13/h6-7,9-10H,2-5,8,13H2,1H3,(H,15,17). The summed E-state index contributed by atoms with van der Waals surface area (Å²) in [6, 6.07) is 1.95. The zero-order chi connectivity index (χ0) is 12.3. The second-order valence-corrected chi connectivity index (χ2v) is 4.70. The van der Waals surface area contributed by atoms with Gasteiger partial charge < -0.3 is 11.1 Å². The van der Waals surface area contributed by atoms with Crippen LogP contribution in [0.3, 0.4) is 0 Å². The van der Waals surface area contributed by atoms with Crippen molar-refractivity contribution in [2.24, 2.45) is 18.7 Å². The van der Waals surface area contributed by atoms with E-state index in [2.05, 4.69) is 10.4 Å². The average molecular weight is 236 g/mol. The van der Waals surface area contributed by atoms with Gasteiger partial charge in [-0.3, -0.25) is 9.48 Å². The van der Waals surface area contributed by atoms with E-state index in [1.54, 1.807) is 24.0 Å². The van der Waals surface area contributed by atoms with Crippen molar-refractivity contribution >= 4 is 5.91 Å². The number of hydrogen-bond acceptors (Lipinski definition) is 3. The molecule has 2 atom stereocenters. The predicted molar refractivity (Wildman–Crippen MR) is 65.5 cm³/mol. The highest BCUT2D eigenvalue weighted by atomic mass is 16.2. The van der Waals surface area contributed by atoms with Crippen LogP contribution in [0.15, 0.2) is 12.3 Å². The molecule has 2 unspecified atom stereocenters. The summed E-state index contributed by atoms with van der Waals surface area (Å²) in [5, 5.41) is 7.08. The van der Waals surface area contributed by atoms with Gasteiger partial charge in [-0.2, -0.15) is 5.10 Å². The largest absolute Gasteiger partial charge is 0.348 e. The molecule has 1 aliphatic carbocycles. The van der Waals surface area contributed by atoms with Gasteiger partial charge in [-0.1, -0.05) is 12.8 Å². The molecule has 0 bridgehead atoms. The van der Waals surface area contributed by atoms with E-state index in [-0.39, 0.29) is 11.9 Å². The number of nitrogens with one attached hydrogen (secondary N) is 1. The van der Waals surface area contributed by atoms with Crippen LogP contribution in [0, 0.1) is 5.92 Å². The van der Waals surface area contributed by atoms with Gasteiger partial charge in [-0.05, 0) is 31.4 Å². The van der Waals surface area contributed by atoms with Gasteiger partial charge in [-0.15, -0.1) is 0 Å². The van der Waals surface area contributed by atoms with Gasteiger partial charge in [-0.25, -0.2) is 0 Å². The summed E-state index contributed by atoms with van der Waals surface area (Å²) < 4.78 is 1.59. The SMILES string of the molecule is Cn1nccc1C(=O)NC1CCCCC1CN. The predicted octanol–water partition coefficient (Wildman–Crippen LogP) is 0.667. The first-order valence-corrected chi connectivity index (χ1v) is 6.21. The lowest BCUT2D eigenvalue weighted by Crippen LogP contribution is -2.45. The summed E-state index contributed by atoms with van der Waals surface area (Å²) >= 11 is 0. The number of nitrogens with zero attached hydrogens (tertiary/aromatic N) is 2. The first-order valence-electron chi connectivity index (χ1n) is 6.21. The molecule has 5 nitrogen and oxygen atoms in total. The summed E-state index contributed by atoms with van der Waals surface area (Å²) in [5.41, 5.74) is 6.35. The van der Waals surface area contributed by atoms with Crippen molar-refractivity contribution < 1.29 is 4.79 Å². The van der Waals surface area contributed by atoms with Crippen molar-refractivity contribution in [1.82, 2.24) is 15.1 Å². The zero-order valence-corrected chi connectivity index (χ0v) is 10.2. The monoisotopic (exact) mass is 236 g/mol. The Morgan fingerprint density at radius 3 is 3.00 bits per heavy atom. The Morgan fingerprint density at radius 2 is 2.35 bits per heavy atom. The lowest BCUT2D eigenvalue weighted by molar-refractivity contribution is 0.0898.